The Kier molecular flexibility index (Phi) is 8.03. The maximum atomic E-state index is 13.4. The summed E-state index contributed by atoms with van der Waals surface area (Å²) in [7, 11) is -0.712. The fraction of sp³-hybridized carbons (Fsp3) is 0.250. The van der Waals surface area contributed by atoms with E-state index < -0.39 is 15.9 Å². The van der Waals surface area contributed by atoms with Crippen LogP contribution in [0.4, 0.5) is 17.1 Å². The van der Waals surface area contributed by atoms with Crippen molar-refractivity contribution in [1.82, 2.24) is 4.98 Å². The van der Waals surface area contributed by atoms with Crippen molar-refractivity contribution in [3.63, 3.8) is 0 Å². The maximum Gasteiger partial charge on any atom is 0.265 e. The molecule has 0 aliphatic heterocycles. The van der Waals surface area contributed by atoms with E-state index in [9.17, 15) is 18.0 Å². The third kappa shape index (κ3) is 6.52. The number of benzene rings is 2. The molecular formula is C28H30N4O6S2. The first kappa shape index (κ1) is 28.8. The lowest BCUT2D eigenvalue weighted by Gasteiger charge is -2.23. The second-order valence-electron chi connectivity index (χ2n) is 10.1. The third-order valence-electron chi connectivity index (χ3n) is 5.93. The van der Waals surface area contributed by atoms with Gasteiger partial charge in [0, 0.05) is 6.20 Å². The van der Waals surface area contributed by atoms with Crippen molar-refractivity contribution < 1.29 is 27.5 Å². The summed E-state index contributed by atoms with van der Waals surface area (Å²) in [6.07, 6.45) is 4.00. The highest BCUT2D eigenvalue weighted by atomic mass is 32.2. The molecule has 0 bridgehead atoms. The molecule has 2 heterocycles. The highest BCUT2D eigenvalue weighted by molar-refractivity contribution is 7.92. The minimum atomic E-state index is -3.61. The number of methoxy groups -OCH3 is 2. The zero-order valence-corrected chi connectivity index (χ0v) is 24.5. The molecule has 0 radical (unpaired) electrons. The number of ether oxygens (including phenoxy) is 2. The van der Waals surface area contributed by atoms with Crippen LogP contribution >= 0.6 is 11.3 Å². The fourth-order valence-electron chi connectivity index (χ4n) is 3.96. The number of anilines is 3. The number of aromatic nitrogens is 1. The van der Waals surface area contributed by atoms with Crippen molar-refractivity contribution in [2.45, 2.75) is 26.2 Å². The second-order valence-corrected chi connectivity index (χ2v) is 12.9. The van der Waals surface area contributed by atoms with Gasteiger partial charge in [-0.05, 0) is 46.7 Å². The number of thiophene rings is 1. The molecule has 0 aliphatic carbocycles. The Bertz CT molecular complexity index is 1710. The molecule has 0 saturated heterocycles. The number of carbonyl (C=O) groups excluding carboxylic acids is 2. The zero-order chi connectivity index (χ0) is 29.2. The van der Waals surface area contributed by atoms with Crippen molar-refractivity contribution in [3.05, 3.63) is 70.9 Å². The quantitative estimate of drug-likeness (QED) is 0.250. The monoisotopic (exact) mass is 582 g/mol. The normalized spacial score (nSPS) is 11.7. The van der Waals surface area contributed by atoms with E-state index in [1.165, 1.54) is 38.0 Å². The summed E-state index contributed by atoms with van der Waals surface area (Å²) < 4.78 is 37.9. The average molecular weight is 583 g/mol. The van der Waals surface area contributed by atoms with Gasteiger partial charge in [0.25, 0.3) is 11.8 Å². The molecular weight excluding hydrogens is 552 g/mol. The Morgan fingerprint density at radius 2 is 1.60 bits per heavy atom. The predicted octanol–water partition coefficient (Wildman–Crippen LogP) is 5.49. The van der Waals surface area contributed by atoms with Gasteiger partial charge in [-0.3, -0.25) is 19.3 Å². The summed E-state index contributed by atoms with van der Waals surface area (Å²) in [6.45, 7) is 5.94. The van der Waals surface area contributed by atoms with E-state index in [1.54, 1.807) is 36.4 Å². The largest absolute Gasteiger partial charge is 0.495 e. The van der Waals surface area contributed by atoms with Crippen LogP contribution in [0.1, 0.15) is 46.4 Å². The maximum absolute atomic E-state index is 13.4. The second kappa shape index (κ2) is 11.1. The summed E-state index contributed by atoms with van der Waals surface area (Å²) in [4.78, 5) is 30.7. The van der Waals surface area contributed by atoms with Crippen LogP contribution in [-0.4, -0.2) is 45.7 Å². The lowest BCUT2D eigenvalue weighted by molar-refractivity contribution is 0.102. The highest BCUT2D eigenvalue weighted by Crippen LogP contribution is 2.40. The molecule has 4 rings (SSSR count). The zero-order valence-electron chi connectivity index (χ0n) is 22.9. The van der Waals surface area contributed by atoms with Crippen LogP contribution in [0.3, 0.4) is 0 Å². The predicted molar refractivity (Wildman–Crippen MR) is 159 cm³/mol. The molecule has 12 heteroatoms. The van der Waals surface area contributed by atoms with Crippen molar-refractivity contribution >= 4 is 60.3 Å². The number of fused-ring (bicyclic) bond motifs is 1. The summed E-state index contributed by atoms with van der Waals surface area (Å²) in [5, 5.41) is 6.53. The van der Waals surface area contributed by atoms with Crippen molar-refractivity contribution in [1.29, 1.82) is 0 Å². The summed E-state index contributed by atoms with van der Waals surface area (Å²) in [5.41, 5.74) is 1.87. The van der Waals surface area contributed by atoms with Crippen LogP contribution in [-0.2, 0) is 15.4 Å². The molecule has 0 saturated carbocycles. The first-order valence-electron chi connectivity index (χ1n) is 12.1. The van der Waals surface area contributed by atoms with Crippen LogP contribution in [0.25, 0.3) is 10.1 Å². The standard InChI is InChI=1S/C28H30N4O6S2/c1-28(2,3)18-12-21(24(38-5)22(13-18)32-40(6,35)36)31-27(34)23-11-16-8-7-9-20(25(16)39-23)30-26(33)17-10-19(37-4)15-29-14-17/h7-15,32H,1-6H3,(H,30,33)(H,31,34). The lowest BCUT2D eigenvalue weighted by atomic mass is 9.86. The molecule has 0 spiro atoms. The van der Waals surface area contributed by atoms with E-state index >= 15 is 0 Å². The van der Waals surface area contributed by atoms with Crippen LogP contribution in [0.15, 0.2) is 54.9 Å². The molecule has 2 amide bonds. The number of rotatable bonds is 8. The van der Waals surface area contributed by atoms with Gasteiger partial charge >= 0.3 is 0 Å². The SMILES string of the molecule is COc1cncc(C(=O)Nc2cccc3cc(C(=O)Nc4cc(C(C)(C)C)cc(NS(C)(=O)=O)c4OC)sc23)c1. The van der Waals surface area contributed by atoms with E-state index in [4.69, 9.17) is 9.47 Å². The van der Waals surface area contributed by atoms with Crippen LogP contribution < -0.4 is 24.8 Å². The minimum absolute atomic E-state index is 0.188. The van der Waals surface area contributed by atoms with Gasteiger partial charge in [-0.25, -0.2) is 8.42 Å². The van der Waals surface area contributed by atoms with E-state index in [1.807, 2.05) is 26.8 Å². The van der Waals surface area contributed by atoms with Gasteiger partial charge in [-0.1, -0.05) is 32.9 Å². The van der Waals surface area contributed by atoms with Gasteiger partial charge in [0.2, 0.25) is 10.0 Å². The van der Waals surface area contributed by atoms with Crippen molar-refractivity contribution in [2.75, 3.05) is 35.8 Å². The Hall–Kier alpha value is -4.16. The third-order valence-corrected chi connectivity index (χ3v) is 7.70. The molecule has 4 aromatic rings. The van der Waals surface area contributed by atoms with E-state index in [-0.39, 0.29) is 22.8 Å². The summed E-state index contributed by atoms with van der Waals surface area (Å²) in [5.74, 6) is -0.132. The first-order chi connectivity index (χ1) is 18.8. The molecule has 0 fully saturated rings. The summed E-state index contributed by atoms with van der Waals surface area (Å²) >= 11 is 1.21. The first-order valence-corrected chi connectivity index (χ1v) is 14.8. The molecule has 0 unspecified atom stereocenters. The Morgan fingerprint density at radius 1 is 0.900 bits per heavy atom. The topological polar surface area (TPSA) is 136 Å². The molecule has 210 valence electrons. The molecule has 2 aromatic heterocycles. The molecule has 0 aliphatic rings. The van der Waals surface area contributed by atoms with Gasteiger partial charge < -0.3 is 20.1 Å². The Labute approximate surface area is 236 Å². The Morgan fingerprint density at radius 3 is 2.25 bits per heavy atom. The summed E-state index contributed by atoms with van der Waals surface area (Å²) in [6, 6.07) is 12.2. The van der Waals surface area contributed by atoms with E-state index in [0.29, 0.717) is 32.3 Å². The lowest BCUT2D eigenvalue weighted by Crippen LogP contribution is -2.18. The molecule has 2 aromatic carbocycles. The number of carbonyl (C=O) groups is 2. The number of nitrogens with one attached hydrogen (secondary N) is 3. The van der Waals surface area contributed by atoms with Crippen molar-refractivity contribution in [2.24, 2.45) is 0 Å². The number of sulfonamides is 1. The van der Waals surface area contributed by atoms with Gasteiger partial charge in [0.05, 0.1) is 58.9 Å². The molecule has 10 nitrogen and oxygen atoms in total. The van der Waals surface area contributed by atoms with Crippen LogP contribution in [0.2, 0.25) is 0 Å². The molecule has 0 atom stereocenters. The molecule has 40 heavy (non-hydrogen) atoms. The van der Waals surface area contributed by atoms with Crippen LogP contribution in [0, 0.1) is 0 Å². The van der Waals surface area contributed by atoms with Crippen LogP contribution in [0.5, 0.6) is 11.5 Å². The smallest absolute Gasteiger partial charge is 0.265 e. The number of hydrogen-bond donors (Lipinski definition) is 3. The molecule has 3 N–H and O–H groups in total. The Balaban J connectivity index is 1.67. The number of pyridine rings is 1. The van der Waals surface area contributed by atoms with Gasteiger partial charge in [-0.15, -0.1) is 11.3 Å². The van der Waals surface area contributed by atoms with Gasteiger partial charge in [-0.2, -0.15) is 0 Å². The number of amides is 2. The number of hydrogen-bond acceptors (Lipinski definition) is 8. The number of nitrogens with zero attached hydrogens (tertiary/aromatic N) is 1. The average Bonchev–Trinajstić information content (AvgIpc) is 3.33. The van der Waals surface area contributed by atoms with Crippen molar-refractivity contribution in [3.8, 4) is 11.5 Å². The minimum Gasteiger partial charge on any atom is -0.495 e. The fourth-order valence-corrected chi connectivity index (χ4v) is 5.53. The van der Waals surface area contributed by atoms with E-state index in [2.05, 4.69) is 20.3 Å². The van der Waals surface area contributed by atoms with Gasteiger partial charge in [0.15, 0.2) is 5.75 Å². The van der Waals surface area contributed by atoms with Gasteiger partial charge in [0.1, 0.15) is 5.75 Å². The highest BCUT2D eigenvalue weighted by Gasteiger charge is 2.23. The van der Waals surface area contributed by atoms with E-state index in [0.717, 1.165) is 17.2 Å².